The quantitative estimate of drug-likeness (QED) is 0.163. The molecule has 1 unspecified atom stereocenters. The number of hydrogen-bond donors (Lipinski definition) is 0. The monoisotopic (exact) mass is 683 g/mol. The molecule has 0 radical (unpaired) electrons. The molecule has 3 aliphatic carbocycles. The third kappa shape index (κ3) is 5.36. The Morgan fingerprint density at radius 2 is 1.51 bits per heavy atom. The third-order valence-corrected chi connectivity index (χ3v) is 12.0. The summed E-state index contributed by atoms with van der Waals surface area (Å²) in [4.78, 5) is 0. The molecule has 0 fully saturated rings. The van der Waals surface area contributed by atoms with Crippen molar-refractivity contribution in [3.63, 3.8) is 0 Å². The predicted molar refractivity (Wildman–Crippen MR) is 229 cm³/mol. The minimum Gasteiger partial charge on any atom is -0.313 e. The number of hydrogen-bond acceptors (Lipinski definition) is 0. The molecule has 1 heterocycles. The zero-order valence-electron chi connectivity index (χ0n) is 31.0. The molecular formula is C52H45N. The smallest absolute Gasteiger partial charge is 0.0537 e. The van der Waals surface area contributed by atoms with Gasteiger partial charge < -0.3 is 4.57 Å². The van der Waals surface area contributed by atoms with Gasteiger partial charge >= 0.3 is 0 Å². The minimum atomic E-state index is 0.0771. The lowest BCUT2D eigenvalue weighted by Gasteiger charge is -2.25. The highest BCUT2D eigenvalue weighted by Gasteiger charge is 2.24. The maximum Gasteiger partial charge on any atom is 0.0537 e. The molecular weight excluding hydrogens is 639 g/mol. The van der Waals surface area contributed by atoms with Gasteiger partial charge in [-0.1, -0.05) is 148 Å². The summed E-state index contributed by atoms with van der Waals surface area (Å²) < 4.78 is 2.52. The Hall–Kier alpha value is -5.66. The van der Waals surface area contributed by atoms with Crippen LogP contribution in [-0.4, -0.2) is 4.57 Å². The first-order chi connectivity index (χ1) is 25.9. The van der Waals surface area contributed by atoms with E-state index in [1.165, 1.54) is 93.6 Å². The number of rotatable bonds is 4. The molecule has 53 heavy (non-hydrogen) atoms. The van der Waals surface area contributed by atoms with Gasteiger partial charge in [0.2, 0.25) is 0 Å². The molecule has 3 aliphatic rings. The summed E-state index contributed by atoms with van der Waals surface area (Å²) in [5.41, 5.74) is 13.6. The number of para-hydroxylation sites is 1. The summed E-state index contributed by atoms with van der Waals surface area (Å²) in [5.74, 6) is 0.298. The first-order valence-electron chi connectivity index (χ1n) is 19.5. The van der Waals surface area contributed by atoms with Crippen molar-refractivity contribution in [1.29, 1.82) is 0 Å². The van der Waals surface area contributed by atoms with E-state index in [0.29, 0.717) is 5.92 Å². The van der Waals surface area contributed by atoms with Crippen LogP contribution in [-0.2, 0) is 11.8 Å². The van der Waals surface area contributed by atoms with E-state index < -0.39 is 0 Å². The van der Waals surface area contributed by atoms with E-state index in [2.05, 4.69) is 177 Å². The van der Waals surface area contributed by atoms with E-state index in [1.54, 1.807) is 0 Å². The molecule has 0 saturated carbocycles. The predicted octanol–water partition coefficient (Wildman–Crippen LogP) is 14.3. The molecule has 0 spiro atoms. The molecule has 7 aromatic rings. The summed E-state index contributed by atoms with van der Waals surface area (Å²) in [6.45, 7) is 6.96. The second kappa shape index (κ2) is 12.5. The topological polar surface area (TPSA) is 4.93 Å². The molecule has 1 atom stereocenters. The molecule has 0 N–H and O–H groups in total. The van der Waals surface area contributed by atoms with Crippen LogP contribution in [0.3, 0.4) is 0 Å². The van der Waals surface area contributed by atoms with Crippen molar-refractivity contribution in [2.75, 3.05) is 0 Å². The Balaban J connectivity index is 1.17. The zero-order chi connectivity index (χ0) is 35.7. The molecule has 0 amide bonds. The fraction of sp³-hybridized carbons (Fsp3) is 0.192. The largest absolute Gasteiger partial charge is 0.313 e. The van der Waals surface area contributed by atoms with Gasteiger partial charge in [-0.3, -0.25) is 0 Å². The van der Waals surface area contributed by atoms with E-state index in [9.17, 15) is 0 Å². The fourth-order valence-corrected chi connectivity index (χ4v) is 9.26. The Morgan fingerprint density at radius 1 is 0.679 bits per heavy atom. The van der Waals surface area contributed by atoms with Crippen LogP contribution in [0.5, 0.6) is 0 Å². The van der Waals surface area contributed by atoms with Crippen molar-refractivity contribution in [3.8, 4) is 16.8 Å². The molecule has 0 saturated heterocycles. The van der Waals surface area contributed by atoms with E-state index in [-0.39, 0.29) is 5.41 Å². The summed E-state index contributed by atoms with van der Waals surface area (Å²) in [5, 5.41) is 9.50. The Kier molecular flexibility index (Phi) is 7.55. The molecule has 10 rings (SSSR count). The molecule has 258 valence electrons. The van der Waals surface area contributed by atoms with Crippen LogP contribution >= 0.6 is 0 Å². The molecule has 6 aromatic carbocycles. The lowest BCUT2D eigenvalue weighted by Crippen LogP contribution is -2.11. The van der Waals surface area contributed by atoms with Crippen molar-refractivity contribution in [2.24, 2.45) is 0 Å². The molecule has 0 bridgehead atoms. The summed E-state index contributed by atoms with van der Waals surface area (Å²) in [6.07, 6.45) is 28.4. The van der Waals surface area contributed by atoms with E-state index in [4.69, 9.17) is 0 Å². The van der Waals surface area contributed by atoms with Crippen LogP contribution in [0.2, 0.25) is 0 Å². The Morgan fingerprint density at radius 3 is 2.34 bits per heavy atom. The van der Waals surface area contributed by atoms with Crippen LogP contribution in [0.15, 0.2) is 157 Å². The molecule has 1 heteroatoms. The van der Waals surface area contributed by atoms with Crippen LogP contribution in [0.4, 0.5) is 0 Å². The van der Waals surface area contributed by atoms with Crippen LogP contribution < -0.4 is 0 Å². The Bertz CT molecular complexity index is 2760. The highest BCUT2D eigenvalue weighted by molar-refractivity contribution is 6.26. The van der Waals surface area contributed by atoms with Gasteiger partial charge in [0.05, 0.1) is 5.52 Å². The van der Waals surface area contributed by atoms with Crippen molar-refractivity contribution in [1.82, 2.24) is 4.57 Å². The number of fused-ring (bicyclic) bond motifs is 3. The van der Waals surface area contributed by atoms with Crippen molar-refractivity contribution < 1.29 is 0 Å². The zero-order valence-corrected chi connectivity index (χ0v) is 31.0. The molecule has 1 aromatic heterocycles. The molecule has 1 nitrogen and oxygen atoms in total. The van der Waals surface area contributed by atoms with Gasteiger partial charge in [0.15, 0.2) is 0 Å². The SMILES string of the molecule is CC(C)(C)c1cc2ccc3c(-c4cccc(-n5c6c(c7ccccc75)C=CCC6)c4)cc(C4C=CC(/C5=C/C=C\C=C\CC5)=CC4)c4ccc(c1)c2c34. The summed E-state index contributed by atoms with van der Waals surface area (Å²) in [6, 6.07) is 35.2. The first-order valence-corrected chi connectivity index (χ1v) is 19.5. The lowest BCUT2D eigenvalue weighted by molar-refractivity contribution is 0.591. The summed E-state index contributed by atoms with van der Waals surface area (Å²) >= 11 is 0. The van der Waals surface area contributed by atoms with Gasteiger partial charge in [0, 0.05) is 28.2 Å². The average Bonchev–Trinajstić information content (AvgIpc) is 3.51. The van der Waals surface area contributed by atoms with E-state index in [0.717, 1.165) is 32.1 Å². The fourth-order valence-electron chi connectivity index (χ4n) is 9.26. The van der Waals surface area contributed by atoms with Gasteiger partial charge in [-0.25, -0.2) is 0 Å². The average molecular weight is 684 g/mol. The first kappa shape index (κ1) is 32.0. The van der Waals surface area contributed by atoms with Crippen molar-refractivity contribution in [2.45, 2.75) is 64.2 Å². The second-order valence-electron chi connectivity index (χ2n) is 16.3. The minimum absolute atomic E-state index is 0.0771. The van der Waals surface area contributed by atoms with E-state index >= 15 is 0 Å². The van der Waals surface area contributed by atoms with Gasteiger partial charge in [-0.05, 0) is 128 Å². The highest BCUT2D eigenvalue weighted by atomic mass is 15.0. The van der Waals surface area contributed by atoms with Crippen molar-refractivity contribution >= 4 is 49.3 Å². The maximum absolute atomic E-state index is 2.53. The van der Waals surface area contributed by atoms with Gasteiger partial charge in [0.1, 0.15) is 0 Å². The number of nitrogens with zero attached hydrogens (tertiary/aromatic N) is 1. The highest BCUT2D eigenvalue weighted by Crippen LogP contribution is 2.46. The van der Waals surface area contributed by atoms with Crippen molar-refractivity contribution in [3.05, 3.63) is 179 Å². The normalized spacial score (nSPS) is 19.6. The van der Waals surface area contributed by atoms with Crippen LogP contribution in [0.1, 0.15) is 74.8 Å². The number of benzene rings is 6. The Labute approximate surface area is 313 Å². The summed E-state index contributed by atoms with van der Waals surface area (Å²) in [7, 11) is 0. The number of aromatic nitrogens is 1. The van der Waals surface area contributed by atoms with Gasteiger partial charge in [0.25, 0.3) is 0 Å². The van der Waals surface area contributed by atoms with Crippen LogP contribution in [0, 0.1) is 0 Å². The number of allylic oxidation sites excluding steroid dienone is 11. The second-order valence-corrected chi connectivity index (χ2v) is 16.3. The molecule has 0 aliphatic heterocycles. The van der Waals surface area contributed by atoms with Gasteiger partial charge in [-0.15, -0.1) is 0 Å². The third-order valence-electron chi connectivity index (χ3n) is 12.0. The van der Waals surface area contributed by atoms with Gasteiger partial charge in [-0.2, -0.15) is 0 Å². The lowest BCUT2D eigenvalue weighted by atomic mass is 9.79. The maximum atomic E-state index is 2.53. The standard InChI is InChI=1S/C52H45N/c1-52(2,3)40-30-38-26-28-44-46(36-24-22-35(23-25-36)34-14-7-5-4-6-8-15-34)33-47(45-29-27-39(31-40)50(38)51(44)45)37-16-13-17-41(32-37)53-48-20-11-9-18-42(48)43-19-10-12-21-49(43)53/h4-7,9-11,13-14,16-20,22-24,26-33,36H,8,12,15,21,25H2,1-3H3/b6-4+,7-5-,34-14+. The van der Waals surface area contributed by atoms with Crippen LogP contribution in [0.25, 0.3) is 66.1 Å². The van der Waals surface area contributed by atoms with E-state index in [1.807, 2.05) is 0 Å².